The molecule has 0 N–H and O–H groups in total. The zero-order valence-electron chi connectivity index (χ0n) is 40.2. The molecule has 0 radical (unpaired) electrons. The summed E-state index contributed by atoms with van der Waals surface area (Å²) in [6.45, 7) is 0. The van der Waals surface area contributed by atoms with E-state index >= 15 is 0 Å². The predicted octanol–water partition coefficient (Wildman–Crippen LogP) is 18.2. The van der Waals surface area contributed by atoms with Crippen LogP contribution in [-0.4, -0.2) is 4.57 Å². The topological polar surface area (TPSA) is 8.17 Å². The van der Waals surface area contributed by atoms with Gasteiger partial charge in [-0.3, -0.25) is 0 Å². The van der Waals surface area contributed by atoms with Crippen molar-refractivity contribution in [3.63, 3.8) is 0 Å². The fourth-order valence-electron chi connectivity index (χ4n) is 16.5. The van der Waals surface area contributed by atoms with E-state index in [1.165, 1.54) is 147 Å². The maximum absolute atomic E-state index is 2.57. The van der Waals surface area contributed by atoms with Crippen molar-refractivity contribution >= 4 is 38.9 Å². The Balaban J connectivity index is 0.860. The van der Waals surface area contributed by atoms with E-state index in [1.807, 2.05) is 0 Å². The molecular formula is C69H56N2. The summed E-state index contributed by atoms with van der Waals surface area (Å²) in [5.74, 6) is 3.41. The van der Waals surface area contributed by atoms with E-state index < -0.39 is 0 Å². The molecule has 17 rings (SSSR count). The van der Waals surface area contributed by atoms with E-state index in [0.29, 0.717) is 0 Å². The molecule has 5 fully saturated rings. The summed E-state index contributed by atoms with van der Waals surface area (Å²) >= 11 is 0. The van der Waals surface area contributed by atoms with E-state index in [-0.39, 0.29) is 10.8 Å². The van der Waals surface area contributed by atoms with Crippen molar-refractivity contribution in [3.05, 3.63) is 229 Å². The first-order valence-corrected chi connectivity index (χ1v) is 26.7. The Bertz CT molecular complexity index is 3750. The van der Waals surface area contributed by atoms with Crippen LogP contribution in [0.5, 0.6) is 0 Å². The molecule has 5 saturated carbocycles. The molecule has 9 aromatic carbocycles. The average molecular weight is 913 g/mol. The third kappa shape index (κ3) is 5.65. The number of para-hydroxylation sites is 1. The second-order valence-electron chi connectivity index (χ2n) is 22.4. The average Bonchev–Trinajstić information content (AvgIpc) is 4.19. The van der Waals surface area contributed by atoms with Crippen LogP contribution in [0.4, 0.5) is 17.1 Å². The first-order chi connectivity index (χ1) is 35.1. The lowest BCUT2D eigenvalue weighted by molar-refractivity contribution is -0.0399. The fourth-order valence-corrected chi connectivity index (χ4v) is 16.5. The smallest absolute Gasteiger partial charge is 0.0561 e. The minimum atomic E-state index is 0.0744. The van der Waals surface area contributed by atoms with E-state index in [9.17, 15) is 0 Å². The van der Waals surface area contributed by atoms with Gasteiger partial charge in [0, 0.05) is 44.4 Å². The molecule has 71 heavy (non-hydrogen) atoms. The largest absolute Gasteiger partial charge is 0.310 e. The van der Waals surface area contributed by atoms with Crippen molar-refractivity contribution in [2.24, 2.45) is 23.7 Å². The maximum Gasteiger partial charge on any atom is 0.0561 e. The lowest BCUT2D eigenvalue weighted by Crippen LogP contribution is -2.55. The first kappa shape index (κ1) is 40.3. The number of nitrogens with zero attached hydrogens (tertiary/aromatic N) is 2. The molecule has 4 bridgehead atoms. The number of hydrogen-bond acceptors (Lipinski definition) is 1. The molecule has 10 aromatic rings. The SMILES string of the molecule is c1ccc(-c2ccc(N(c3ccc4c(c3)C3(CCCC3)c3ccccc3-4)c3ccc4c5ccc(-c6ccc7c(c6)-c6ccccc6[C@]76[C@@H]7CC8C[C@@H](C7)C[C@@H]6C8)cc5n(-c5ccccc5)c4c3)cc2)cc1. The molecule has 0 unspecified atom stereocenters. The molecule has 1 heterocycles. The van der Waals surface area contributed by atoms with Crippen molar-refractivity contribution in [1.82, 2.24) is 4.57 Å². The van der Waals surface area contributed by atoms with Crippen LogP contribution in [0.15, 0.2) is 206 Å². The van der Waals surface area contributed by atoms with Gasteiger partial charge >= 0.3 is 0 Å². The van der Waals surface area contributed by atoms with Crippen LogP contribution in [0, 0.1) is 23.7 Å². The van der Waals surface area contributed by atoms with Crippen molar-refractivity contribution < 1.29 is 0 Å². The summed E-state index contributed by atoms with van der Waals surface area (Å²) in [6, 6.07) is 79.2. The van der Waals surface area contributed by atoms with Crippen molar-refractivity contribution in [2.75, 3.05) is 4.90 Å². The minimum Gasteiger partial charge on any atom is -0.310 e. The fraction of sp³-hybridized carbons (Fsp3) is 0.217. The van der Waals surface area contributed by atoms with Gasteiger partial charge in [-0.1, -0.05) is 158 Å². The molecule has 342 valence electrons. The highest BCUT2D eigenvalue weighted by Gasteiger charge is 2.61. The van der Waals surface area contributed by atoms with Gasteiger partial charge in [-0.05, 0) is 196 Å². The number of anilines is 3. The Morgan fingerprint density at radius 3 is 1.63 bits per heavy atom. The highest BCUT2D eigenvalue weighted by atomic mass is 15.1. The molecule has 0 amide bonds. The number of aromatic nitrogens is 1. The Hall–Kier alpha value is -7.42. The molecule has 2 nitrogen and oxygen atoms in total. The van der Waals surface area contributed by atoms with Crippen LogP contribution < -0.4 is 4.90 Å². The Kier molecular flexibility index (Phi) is 8.55. The van der Waals surface area contributed by atoms with E-state index in [2.05, 4.69) is 216 Å². The summed E-state index contributed by atoms with van der Waals surface area (Å²) in [6.07, 6.45) is 12.1. The summed E-state index contributed by atoms with van der Waals surface area (Å²) in [4.78, 5) is 2.51. The summed E-state index contributed by atoms with van der Waals surface area (Å²) in [7, 11) is 0. The van der Waals surface area contributed by atoms with Crippen molar-refractivity contribution in [3.8, 4) is 50.2 Å². The second-order valence-corrected chi connectivity index (χ2v) is 22.4. The lowest BCUT2D eigenvalue weighted by atomic mass is 9.43. The van der Waals surface area contributed by atoms with Crippen LogP contribution in [0.3, 0.4) is 0 Å². The monoisotopic (exact) mass is 912 g/mol. The normalized spacial score (nSPS) is 22.6. The Morgan fingerprint density at radius 1 is 0.366 bits per heavy atom. The van der Waals surface area contributed by atoms with Gasteiger partial charge < -0.3 is 9.47 Å². The third-order valence-electron chi connectivity index (χ3n) is 19.1. The van der Waals surface area contributed by atoms with Gasteiger partial charge in [0.1, 0.15) is 0 Å². The zero-order chi connectivity index (χ0) is 46.4. The number of fused-ring (bicyclic) bond motifs is 11. The van der Waals surface area contributed by atoms with Crippen LogP contribution in [0.2, 0.25) is 0 Å². The van der Waals surface area contributed by atoms with E-state index in [0.717, 1.165) is 35.0 Å². The van der Waals surface area contributed by atoms with Gasteiger partial charge in [-0.2, -0.15) is 0 Å². The highest BCUT2D eigenvalue weighted by Crippen LogP contribution is 2.69. The third-order valence-corrected chi connectivity index (χ3v) is 19.1. The zero-order valence-corrected chi connectivity index (χ0v) is 40.2. The number of benzene rings is 9. The van der Waals surface area contributed by atoms with Gasteiger partial charge in [-0.15, -0.1) is 0 Å². The first-order valence-electron chi connectivity index (χ1n) is 26.7. The number of hydrogen-bond donors (Lipinski definition) is 0. The van der Waals surface area contributed by atoms with E-state index in [4.69, 9.17) is 0 Å². The highest BCUT2D eigenvalue weighted by molar-refractivity contribution is 6.11. The van der Waals surface area contributed by atoms with Crippen LogP contribution >= 0.6 is 0 Å². The second kappa shape index (κ2) is 15.0. The van der Waals surface area contributed by atoms with Crippen molar-refractivity contribution in [1.29, 1.82) is 0 Å². The standard InChI is InChI=1S/C69H56N2/c1-3-13-46(14-4-1)47-21-25-53(26-22-47)70(54-27-30-58-56-17-7-9-19-62(56)68(65(58)42-54)33-11-12-34-68)55-28-31-60-59-29-23-49(41-66(59)71(67(60)43-55)52-15-5-2-6-16-52)48-24-32-64-61(40-48)57-18-8-10-20-63(57)69(64)50-36-44-35-45(38-50)39-51(69)37-44/h1-10,13-32,40-45,50-51H,11-12,33-39H2/t44-,45?,50-,51+,69+. The van der Waals surface area contributed by atoms with Gasteiger partial charge in [-0.25, -0.2) is 0 Å². The molecular weight excluding hydrogens is 857 g/mol. The minimum absolute atomic E-state index is 0.0744. The Labute approximate surface area is 417 Å². The van der Waals surface area contributed by atoms with Gasteiger partial charge in [0.25, 0.3) is 0 Å². The lowest BCUT2D eigenvalue weighted by Gasteiger charge is -2.61. The quantitative estimate of drug-likeness (QED) is 0.161. The molecule has 0 saturated heterocycles. The summed E-state index contributed by atoms with van der Waals surface area (Å²) in [5, 5.41) is 2.54. The van der Waals surface area contributed by atoms with Crippen molar-refractivity contribution in [2.45, 2.75) is 68.6 Å². The Morgan fingerprint density at radius 2 is 0.887 bits per heavy atom. The molecule has 0 atom stereocenters. The molecule has 2 spiro atoms. The van der Waals surface area contributed by atoms with Crippen LogP contribution in [0.25, 0.3) is 72.0 Å². The molecule has 0 aliphatic heterocycles. The predicted molar refractivity (Wildman–Crippen MR) is 294 cm³/mol. The molecule has 1 aromatic heterocycles. The summed E-state index contributed by atoms with van der Waals surface area (Å²) in [5.41, 5.74) is 24.4. The van der Waals surface area contributed by atoms with Gasteiger partial charge in [0.15, 0.2) is 0 Å². The van der Waals surface area contributed by atoms with Gasteiger partial charge in [0.05, 0.1) is 11.0 Å². The molecule has 7 aliphatic rings. The summed E-state index contributed by atoms with van der Waals surface area (Å²) < 4.78 is 2.52. The number of rotatable bonds is 6. The van der Waals surface area contributed by atoms with Crippen LogP contribution in [-0.2, 0) is 10.8 Å². The van der Waals surface area contributed by atoms with Crippen LogP contribution in [0.1, 0.15) is 80.0 Å². The molecule has 2 heteroatoms. The van der Waals surface area contributed by atoms with E-state index in [1.54, 1.807) is 11.1 Å². The maximum atomic E-state index is 2.57. The molecule has 7 aliphatic carbocycles. The van der Waals surface area contributed by atoms with Gasteiger partial charge in [0.2, 0.25) is 0 Å².